The first-order valence-electron chi connectivity index (χ1n) is 21.7. The molecule has 1 saturated carbocycles. The lowest BCUT2D eigenvalue weighted by Gasteiger charge is -2.40. The second-order valence-corrected chi connectivity index (χ2v) is 17.7. The number of hydrogen-bond donors (Lipinski definition) is 2. The van der Waals surface area contributed by atoms with Crippen molar-refractivity contribution in [3.8, 4) is 17.1 Å². The van der Waals surface area contributed by atoms with Crippen molar-refractivity contribution >= 4 is 40.1 Å². The first kappa shape index (κ1) is 38.1. The Balaban J connectivity index is 0.643. The molecule has 5 aliphatic heterocycles. The zero-order valence-corrected chi connectivity index (χ0v) is 34.1. The molecule has 2 aromatic heterocycles. The van der Waals surface area contributed by atoms with Crippen LogP contribution in [0.5, 0.6) is 5.75 Å². The molecule has 5 fully saturated rings. The second kappa shape index (κ2) is 15.8. The van der Waals surface area contributed by atoms with Gasteiger partial charge < -0.3 is 24.3 Å². The van der Waals surface area contributed by atoms with Crippen LogP contribution in [0.1, 0.15) is 61.4 Å². The number of carbonyl (C=O) groups is 3. The summed E-state index contributed by atoms with van der Waals surface area (Å²) in [4.78, 5) is 60.9. The molecule has 4 saturated heterocycles. The normalized spacial score (nSPS) is 23.2. The van der Waals surface area contributed by atoms with Crippen molar-refractivity contribution in [3.05, 3.63) is 59.9 Å². The molecular weight excluding hydrogens is 747 g/mol. The minimum atomic E-state index is -0.580. The number of aromatic nitrogens is 4. The molecule has 4 aromatic rings. The van der Waals surface area contributed by atoms with Gasteiger partial charge in [0.05, 0.1) is 16.9 Å². The summed E-state index contributed by atoms with van der Waals surface area (Å²) in [6.45, 7) is 16.4. The Morgan fingerprint density at radius 2 is 1.54 bits per heavy atom. The zero-order valence-electron chi connectivity index (χ0n) is 34.1. The number of fused-ring (bicyclic) bond motifs is 2. The fourth-order valence-corrected chi connectivity index (χ4v) is 9.64. The third-order valence-corrected chi connectivity index (χ3v) is 13.6. The van der Waals surface area contributed by atoms with Gasteiger partial charge in [0.15, 0.2) is 0 Å². The van der Waals surface area contributed by atoms with Crippen molar-refractivity contribution in [3.63, 3.8) is 0 Å². The number of ether oxygens (including phenoxy) is 1. The molecule has 15 nitrogen and oxygen atoms in total. The van der Waals surface area contributed by atoms with Crippen LogP contribution in [0.2, 0.25) is 0 Å². The van der Waals surface area contributed by atoms with Crippen LogP contribution in [0.4, 0.5) is 11.5 Å². The maximum Gasteiger partial charge on any atom is 0.255 e. The highest BCUT2D eigenvalue weighted by atomic mass is 16.5. The lowest BCUT2D eigenvalue weighted by Crippen LogP contribution is -2.52. The number of nitrogens with one attached hydrogen (secondary N) is 2. The van der Waals surface area contributed by atoms with E-state index in [1.807, 2.05) is 18.2 Å². The number of carbonyl (C=O) groups excluding carboxylic acids is 3. The quantitative estimate of drug-likeness (QED) is 0.215. The fraction of sp³-hybridized carbons (Fsp3) is 0.545. The van der Waals surface area contributed by atoms with Crippen LogP contribution in [0.25, 0.3) is 22.3 Å². The van der Waals surface area contributed by atoms with E-state index in [1.54, 1.807) is 11.2 Å². The van der Waals surface area contributed by atoms with E-state index in [2.05, 4.69) is 81.2 Å². The van der Waals surface area contributed by atoms with Crippen LogP contribution in [0.15, 0.2) is 48.8 Å². The molecule has 7 heterocycles. The number of rotatable bonds is 11. The molecule has 2 aromatic carbocycles. The van der Waals surface area contributed by atoms with Crippen molar-refractivity contribution < 1.29 is 19.1 Å². The molecular formula is C44H55N11O4. The highest BCUT2D eigenvalue weighted by Gasteiger charge is 2.41. The summed E-state index contributed by atoms with van der Waals surface area (Å²) in [7, 11) is 0. The topological polar surface area (TPSA) is 146 Å². The molecule has 6 aliphatic rings. The summed E-state index contributed by atoms with van der Waals surface area (Å²) in [6, 6.07) is 13.7. The SMILES string of the molecule is CC1(Oc2ccc3n[nH]c(-c4cc(N5CCN(CCN6CCN(CC7CCN(c8ccc9c(c8)CN(C8CCC(=O)NC8=O)C9=O)CC7)CC6)CC5)ncn4)c3c2)CC1. The van der Waals surface area contributed by atoms with Crippen molar-refractivity contribution in [1.82, 2.24) is 45.1 Å². The van der Waals surface area contributed by atoms with Crippen LogP contribution >= 0.6 is 0 Å². The van der Waals surface area contributed by atoms with Gasteiger partial charge in [-0.25, -0.2) is 9.97 Å². The Hall–Kier alpha value is -5.12. The van der Waals surface area contributed by atoms with Crippen molar-refractivity contribution in [2.45, 2.75) is 63.6 Å². The molecule has 1 atom stereocenters. The molecule has 10 rings (SSSR count). The molecule has 1 aliphatic carbocycles. The monoisotopic (exact) mass is 801 g/mol. The van der Waals surface area contributed by atoms with Gasteiger partial charge in [-0.3, -0.25) is 34.6 Å². The van der Waals surface area contributed by atoms with Gasteiger partial charge in [0.2, 0.25) is 11.8 Å². The van der Waals surface area contributed by atoms with E-state index in [9.17, 15) is 14.4 Å². The Bertz CT molecular complexity index is 2220. The van der Waals surface area contributed by atoms with Crippen molar-refractivity contribution in [2.24, 2.45) is 5.92 Å². The van der Waals surface area contributed by atoms with E-state index in [1.165, 1.54) is 6.54 Å². The largest absolute Gasteiger partial charge is 0.488 e. The van der Waals surface area contributed by atoms with E-state index in [0.29, 0.717) is 24.4 Å². The molecule has 0 bridgehead atoms. The van der Waals surface area contributed by atoms with Gasteiger partial charge in [-0.15, -0.1) is 0 Å². The van der Waals surface area contributed by atoms with Gasteiger partial charge in [0.1, 0.15) is 29.5 Å². The molecule has 0 spiro atoms. The number of nitrogens with zero attached hydrogens (tertiary/aromatic N) is 9. The molecule has 3 amide bonds. The predicted molar refractivity (Wildman–Crippen MR) is 224 cm³/mol. The number of H-pyrrole nitrogens is 1. The Labute approximate surface area is 345 Å². The van der Waals surface area contributed by atoms with E-state index in [4.69, 9.17) is 4.74 Å². The predicted octanol–water partition coefficient (Wildman–Crippen LogP) is 3.37. The van der Waals surface area contributed by atoms with Gasteiger partial charge >= 0.3 is 0 Å². The number of imide groups is 1. The van der Waals surface area contributed by atoms with Gasteiger partial charge in [-0.1, -0.05) is 0 Å². The van der Waals surface area contributed by atoms with Crippen molar-refractivity contribution in [1.29, 1.82) is 0 Å². The first-order valence-corrected chi connectivity index (χ1v) is 21.7. The Morgan fingerprint density at radius 3 is 2.29 bits per heavy atom. The number of amides is 3. The molecule has 59 heavy (non-hydrogen) atoms. The molecule has 15 heteroatoms. The van der Waals surface area contributed by atoms with Crippen LogP contribution < -0.4 is 19.9 Å². The van der Waals surface area contributed by atoms with Crippen LogP contribution in [-0.4, -0.2) is 154 Å². The third-order valence-electron chi connectivity index (χ3n) is 13.6. The van der Waals surface area contributed by atoms with Gasteiger partial charge in [-0.2, -0.15) is 5.10 Å². The van der Waals surface area contributed by atoms with E-state index < -0.39 is 6.04 Å². The molecule has 310 valence electrons. The van der Waals surface area contributed by atoms with Gasteiger partial charge in [0, 0.05) is 121 Å². The Morgan fingerprint density at radius 1 is 0.797 bits per heavy atom. The second-order valence-electron chi connectivity index (χ2n) is 17.7. The minimum Gasteiger partial charge on any atom is -0.488 e. The Kier molecular flexibility index (Phi) is 10.2. The standard InChI is InChI=1S/C44H55N11O4/c1-44(10-11-44)59-33-3-5-36-35(25-33)41(49-48-36)37-26-39(46-29-45-37)54-22-20-51(21-23-54)15-14-50-16-18-52(19-17-50)27-30-8-12-53(13-9-30)32-2-4-34-31(24-32)28-55(43(34)58)38-6-7-40(56)47-42(38)57/h2-5,24-26,29-30,38H,6-23,27-28H2,1H3,(H,48,49)(H,47,56,57). The summed E-state index contributed by atoms with van der Waals surface area (Å²) in [5.74, 6) is 1.78. The average molecular weight is 802 g/mol. The van der Waals surface area contributed by atoms with Gasteiger partial charge in [0.25, 0.3) is 5.91 Å². The number of piperidine rings is 2. The summed E-state index contributed by atoms with van der Waals surface area (Å²) >= 11 is 0. The van der Waals surface area contributed by atoms with E-state index in [-0.39, 0.29) is 29.7 Å². The first-order chi connectivity index (χ1) is 28.7. The van der Waals surface area contributed by atoms with Gasteiger partial charge in [-0.05, 0) is 86.9 Å². The number of benzene rings is 2. The number of piperazine rings is 2. The van der Waals surface area contributed by atoms with Crippen LogP contribution in [-0.2, 0) is 16.1 Å². The maximum absolute atomic E-state index is 13.2. The number of anilines is 2. The summed E-state index contributed by atoms with van der Waals surface area (Å²) in [5.41, 5.74) is 5.40. The lowest BCUT2D eigenvalue weighted by atomic mass is 9.95. The molecule has 1 unspecified atom stereocenters. The fourth-order valence-electron chi connectivity index (χ4n) is 9.64. The van der Waals surface area contributed by atoms with E-state index in [0.717, 1.165) is 149 Å². The van der Waals surface area contributed by atoms with Crippen LogP contribution in [0, 0.1) is 5.92 Å². The molecule has 2 N–H and O–H groups in total. The summed E-state index contributed by atoms with van der Waals surface area (Å²) < 4.78 is 6.23. The lowest BCUT2D eigenvalue weighted by molar-refractivity contribution is -0.136. The molecule has 0 radical (unpaired) electrons. The smallest absolute Gasteiger partial charge is 0.255 e. The minimum absolute atomic E-state index is 0.0362. The number of aromatic amines is 1. The van der Waals surface area contributed by atoms with E-state index >= 15 is 0 Å². The average Bonchev–Trinajstić information content (AvgIpc) is 3.68. The van der Waals surface area contributed by atoms with Crippen LogP contribution in [0.3, 0.4) is 0 Å². The summed E-state index contributed by atoms with van der Waals surface area (Å²) in [5, 5.41) is 11.2. The zero-order chi connectivity index (χ0) is 40.1. The third kappa shape index (κ3) is 8.12. The summed E-state index contributed by atoms with van der Waals surface area (Å²) in [6.07, 6.45) is 6.83. The van der Waals surface area contributed by atoms with Crippen molar-refractivity contribution in [2.75, 3.05) is 94.9 Å². The highest BCUT2D eigenvalue weighted by Crippen LogP contribution is 2.41. The highest BCUT2D eigenvalue weighted by molar-refractivity contribution is 6.05. The number of hydrogen-bond acceptors (Lipinski definition) is 12. The maximum atomic E-state index is 13.2.